The summed E-state index contributed by atoms with van der Waals surface area (Å²) in [6, 6.07) is 13.4. The van der Waals surface area contributed by atoms with Crippen LogP contribution < -0.4 is 10.1 Å². The maximum atomic E-state index is 13.0. The Kier molecular flexibility index (Phi) is 6.42. The van der Waals surface area contributed by atoms with Gasteiger partial charge in [-0.2, -0.15) is 0 Å². The average Bonchev–Trinajstić information content (AvgIpc) is 3.21. The van der Waals surface area contributed by atoms with E-state index in [4.69, 9.17) is 9.47 Å². The molecule has 1 aliphatic heterocycles. The number of hydrogen-bond donors (Lipinski definition) is 1. The van der Waals surface area contributed by atoms with E-state index < -0.39 is 0 Å². The first-order valence-corrected chi connectivity index (χ1v) is 10.8. The Balaban J connectivity index is 1.50. The third kappa shape index (κ3) is 4.87. The number of carbonyl (C=O) groups excluding carboxylic acids is 1. The van der Waals surface area contributed by atoms with Gasteiger partial charge in [-0.1, -0.05) is 12.1 Å². The number of carbonyl (C=O) groups is 1. The van der Waals surface area contributed by atoms with Crippen molar-refractivity contribution in [3.8, 4) is 17.0 Å². The van der Waals surface area contributed by atoms with Crippen LogP contribution in [0.25, 0.3) is 11.3 Å². The van der Waals surface area contributed by atoms with Gasteiger partial charge in [-0.3, -0.25) is 9.69 Å². The monoisotopic (exact) mass is 423 g/mol. The Hall–Kier alpha value is -2.74. The number of aromatic nitrogens is 1. The smallest absolute Gasteiger partial charge is 0.255 e. The predicted molar refractivity (Wildman–Crippen MR) is 119 cm³/mol. The van der Waals surface area contributed by atoms with Crippen LogP contribution in [0, 0.1) is 6.92 Å². The molecule has 1 aromatic heterocycles. The van der Waals surface area contributed by atoms with Gasteiger partial charge < -0.3 is 14.8 Å². The minimum absolute atomic E-state index is 0.127. The molecule has 7 heteroatoms. The molecule has 1 saturated heterocycles. The van der Waals surface area contributed by atoms with Gasteiger partial charge in [-0.25, -0.2) is 4.98 Å². The molecule has 0 bridgehead atoms. The maximum Gasteiger partial charge on any atom is 0.255 e. The zero-order chi connectivity index (χ0) is 20.9. The summed E-state index contributed by atoms with van der Waals surface area (Å²) in [6.45, 7) is 5.83. The van der Waals surface area contributed by atoms with E-state index in [2.05, 4.69) is 15.2 Å². The van der Waals surface area contributed by atoms with Crippen LogP contribution in [0.1, 0.15) is 20.9 Å². The van der Waals surface area contributed by atoms with Crippen LogP contribution in [0.4, 0.5) is 5.69 Å². The number of aryl methyl sites for hydroxylation is 1. The van der Waals surface area contributed by atoms with E-state index in [1.165, 1.54) is 0 Å². The summed E-state index contributed by atoms with van der Waals surface area (Å²) in [5.41, 5.74) is 4.35. The third-order valence-electron chi connectivity index (χ3n) is 5.11. The lowest BCUT2D eigenvalue weighted by atomic mass is 10.0. The lowest BCUT2D eigenvalue weighted by Crippen LogP contribution is -2.36. The second-order valence-corrected chi connectivity index (χ2v) is 8.26. The van der Waals surface area contributed by atoms with Crippen molar-refractivity contribution in [3.63, 3.8) is 0 Å². The minimum atomic E-state index is -0.127. The molecule has 0 unspecified atom stereocenters. The van der Waals surface area contributed by atoms with Crippen molar-refractivity contribution in [3.05, 3.63) is 64.0 Å². The summed E-state index contributed by atoms with van der Waals surface area (Å²) >= 11 is 1.63. The van der Waals surface area contributed by atoms with Gasteiger partial charge in [0.15, 0.2) is 0 Å². The molecule has 156 valence electrons. The van der Waals surface area contributed by atoms with Gasteiger partial charge in [0.25, 0.3) is 5.91 Å². The molecule has 3 aromatic rings. The molecule has 1 fully saturated rings. The molecular formula is C23H25N3O3S. The van der Waals surface area contributed by atoms with Gasteiger partial charge in [0.2, 0.25) is 0 Å². The average molecular weight is 424 g/mol. The fraction of sp³-hybridized carbons (Fsp3) is 0.304. The van der Waals surface area contributed by atoms with E-state index in [1.807, 2.05) is 54.8 Å². The van der Waals surface area contributed by atoms with Crippen molar-refractivity contribution in [2.45, 2.75) is 13.5 Å². The number of nitrogens with one attached hydrogen (secondary N) is 1. The molecule has 1 amide bonds. The highest BCUT2D eigenvalue weighted by Gasteiger charge is 2.17. The first-order valence-electron chi connectivity index (χ1n) is 9.93. The number of nitrogens with zero attached hydrogens (tertiary/aromatic N) is 2. The number of hydrogen-bond acceptors (Lipinski definition) is 6. The van der Waals surface area contributed by atoms with Crippen LogP contribution in [-0.4, -0.2) is 49.2 Å². The highest BCUT2D eigenvalue weighted by molar-refractivity contribution is 7.09. The highest BCUT2D eigenvalue weighted by Crippen LogP contribution is 2.25. The van der Waals surface area contributed by atoms with Crippen molar-refractivity contribution in [2.75, 3.05) is 38.7 Å². The Morgan fingerprint density at radius 2 is 1.97 bits per heavy atom. The number of amides is 1. The molecule has 30 heavy (non-hydrogen) atoms. The highest BCUT2D eigenvalue weighted by atomic mass is 32.1. The summed E-state index contributed by atoms with van der Waals surface area (Å²) in [4.78, 5) is 19.8. The summed E-state index contributed by atoms with van der Waals surface area (Å²) in [7, 11) is 1.64. The Bertz CT molecular complexity index is 1010. The number of benzene rings is 2. The molecule has 0 atom stereocenters. The summed E-state index contributed by atoms with van der Waals surface area (Å²) in [6.07, 6.45) is 0. The van der Waals surface area contributed by atoms with E-state index in [-0.39, 0.29) is 5.91 Å². The van der Waals surface area contributed by atoms with Crippen molar-refractivity contribution in [2.24, 2.45) is 0 Å². The van der Waals surface area contributed by atoms with Gasteiger partial charge in [-0.15, -0.1) is 11.3 Å². The summed E-state index contributed by atoms with van der Waals surface area (Å²) in [5, 5.41) is 6.09. The number of methoxy groups -OCH3 is 1. The fourth-order valence-corrected chi connectivity index (χ4v) is 4.09. The number of ether oxygens (including phenoxy) is 2. The molecule has 2 heterocycles. The van der Waals surface area contributed by atoms with Gasteiger partial charge in [0, 0.05) is 41.8 Å². The van der Waals surface area contributed by atoms with Crippen molar-refractivity contribution >= 4 is 22.9 Å². The Morgan fingerprint density at radius 3 is 2.63 bits per heavy atom. The van der Waals surface area contributed by atoms with E-state index in [9.17, 15) is 4.79 Å². The van der Waals surface area contributed by atoms with Gasteiger partial charge in [0.05, 0.1) is 31.0 Å². The van der Waals surface area contributed by atoms with Crippen LogP contribution in [0.3, 0.4) is 0 Å². The van der Waals surface area contributed by atoms with Gasteiger partial charge >= 0.3 is 0 Å². The molecule has 1 N–H and O–H groups in total. The summed E-state index contributed by atoms with van der Waals surface area (Å²) in [5.74, 6) is 0.621. The topological polar surface area (TPSA) is 63.7 Å². The molecule has 4 rings (SSSR count). The van der Waals surface area contributed by atoms with E-state index in [1.54, 1.807) is 18.4 Å². The molecule has 0 radical (unpaired) electrons. The molecule has 0 spiro atoms. The summed E-state index contributed by atoms with van der Waals surface area (Å²) < 4.78 is 10.8. The first-order chi connectivity index (χ1) is 14.6. The maximum absolute atomic E-state index is 13.0. The van der Waals surface area contributed by atoms with Crippen molar-refractivity contribution in [1.29, 1.82) is 0 Å². The largest absolute Gasteiger partial charge is 0.497 e. The first kappa shape index (κ1) is 20.5. The third-order valence-corrected chi connectivity index (χ3v) is 5.89. The lowest BCUT2D eigenvalue weighted by molar-refractivity contribution is 0.0341. The molecule has 0 saturated carbocycles. The van der Waals surface area contributed by atoms with Gasteiger partial charge in [-0.05, 0) is 42.8 Å². The quantitative estimate of drug-likeness (QED) is 0.643. The lowest BCUT2D eigenvalue weighted by Gasteiger charge is -2.27. The number of rotatable bonds is 6. The van der Waals surface area contributed by atoms with Crippen molar-refractivity contribution < 1.29 is 14.3 Å². The number of morpholine rings is 1. The Labute approximate surface area is 180 Å². The molecule has 6 nitrogen and oxygen atoms in total. The normalized spacial score (nSPS) is 14.5. The zero-order valence-electron chi connectivity index (χ0n) is 17.2. The standard InChI is InChI=1S/C23H25N3O3S/c1-16-24-22(15-30-16)17-3-5-19(6-4-17)25-23(27)21-8-7-20(28-2)13-18(21)14-26-9-11-29-12-10-26/h3-8,13,15H,9-12,14H2,1-2H3,(H,25,27). The SMILES string of the molecule is COc1ccc(C(=O)Nc2ccc(-c3csc(C)n3)cc2)c(CN2CCOCC2)c1. The molecule has 0 aliphatic carbocycles. The van der Waals surface area contributed by atoms with Crippen LogP contribution in [0.15, 0.2) is 47.8 Å². The molecule has 2 aromatic carbocycles. The minimum Gasteiger partial charge on any atom is -0.497 e. The van der Waals surface area contributed by atoms with Crippen LogP contribution in [0.5, 0.6) is 5.75 Å². The number of anilines is 1. The van der Waals surface area contributed by atoms with E-state index in [0.29, 0.717) is 12.1 Å². The van der Waals surface area contributed by atoms with Crippen LogP contribution in [0.2, 0.25) is 0 Å². The van der Waals surface area contributed by atoms with Crippen LogP contribution >= 0.6 is 11.3 Å². The molecular weight excluding hydrogens is 398 g/mol. The second kappa shape index (κ2) is 9.38. The Morgan fingerprint density at radius 1 is 1.20 bits per heavy atom. The second-order valence-electron chi connectivity index (χ2n) is 7.19. The van der Waals surface area contributed by atoms with E-state index >= 15 is 0 Å². The number of thiazole rings is 1. The molecule has 1 aliphatic rings. The zero-order valence-corrected chi connectivity index (χ0v) is 18.0. The van der Waals surface area contributed by atoms with Crippen molar-refractivity contribution in [1.82, 2.24) is 9.88 Å². The van der Waals surface area contributed by atoms with E-state index in [0.717, 1.165) is 59.6 Å². The predicted octanol–water partition coefficient (Wildman–Crippen LogP) is 4.21. The van der Waals surface area contributed by atoms with Gasteiger partial charge in [0.1, 0.15) is 5.75 Å². The van der Waals surface area contributed by atoms with Crippen LogP contribution in [-0.2, 0) is 11.3 Å². The fourth-order valence-electron chi connectivity index (χ4n) is 3.47.